The van der Waals surface area contributed by atoms with Gasteiger partial charge in [0.2, 0.25) is 23.6 Å². The Morgan fingerprint density at radius 3 is 2.00 bits per heavy atom. The van der Waals surface area contributed by atoms with Gasteiger partial charge in [-0.25, -0.2) is 13.1 Å². The first-order chi connectivity index (χ1) is 26.1. The fourth-order valence-electron chi connectivity index (χ4n) is 8.07. The number of carbonyl (C=O) groups is 5. The van der Waals surface area contributed by atoms with E-state index in [1.54, 1.807) is 35.9 Å². The van der Waals surface area contributed by atoms with E-state index in [-0.39, 0.29) is 71.6 Å². The Bertz CT molecular complexity index is 1580. The molecule has 2 rings (SSSR count). The Labute approximate surface area is 335 Å². The van der Waals surface area contributed by atoms with Crippen LogP contribution < -0.4 is 10.0 Å². The molecule has 0 radical (unpaired) electrons. The number of Topliss-reactive ketones (excluding diaryl/α,β-unsaturated/α-hetero) is 1. The first-order valence-corrected chi connectivity index (χ1v) is 21.3. The summed E-state index contributed by atoms with van der Waals surface area (Å²) in [5.41, 5.74) is 0.695. The zero-order valence-electron chi connectivity index (χ0n) is 36.0. The lowest BCUT2D eigenvalue weighted by molar-refractivity contribution is -0.149. The minimum absolute atomic E-state index is 0.0196. The maximum absolute atomic E-state index is 14.3. The molecule has 0 aliphatic carbocycles. The van der Waals surface area contributed by atoms with Crippen LogP contribution in [0.2, 0.25) is 0 Å². The molecule has 1 aromatic rings. The molecule has 2 N–H and O–H groups in total. The number of hydrogen-bond acceptors (Lipinski definition) is 10. The summed E-state index contributed by atoms with van der Waals surface area (Å²) in [6.07, 6.45) is 0.512. The highest BCUT2D eigenvalue weighted by molar-refractivity contribution is 7.90. The number of carbonyl (C=O) groups excluding carboxylic acids is 5. The molecule has 1 saturated heterocycles. The van der Waals surface area contributed by atoms with Gasteiger partial charge in [-0.3, -0.25) is 28.9 Å². The number of hydrogen-bond donors (Lipinski definition) is 2. The van der Waals surface area contributed by atoms with Crippen molar-refractivity contribution in [3.05, 3.63) is 29.8 Å². The molecule has 1 fully saturated rings. The van der Waals surface area contributed by atoms with Crippen molar-refractivity contribution in [1.29, 1.82) is 0 Å². The van der Waals surface area contributed by atoms with Crippen LogP contribution in [-0.2, 0) is 50.0 Å². The highest BCUT2D eigenvalue weighted by Gasteiger charge is 2.43. The normalized spacial score (nSPS) is 18.6. The minimum atomic E-state index is -4.23. The summed E-state index contributed by atoms with van der Waals surface area (Å²) in [6.45, 7) is 15.6. The summed E-state index contributed by atoms with van der Waals surface area (Å²) in [5.74, 6) is -2.91. The summed E-state index contributed by atoms with van der Waals surface area (Å²) in [7, 11) is 4.22. The predicted molar refractivity (Wildman–Crippen MR) is 216 cm³/mol. The van der Waals surface area contributed by atoms with Crippen LogP contribution in [0.1, 0.15) is 93.1 Å². The van der Waals surface area contributed by atoms with Crippen molar-refractivity contribution < 1.29 is 41.9 Å². The molecule has 8 atom stereocenters. The summed E-state index contributed by atoms with van der Waals surface area (Å²) in [4.78, 5) is 71.8. The second-order valence-corrected chi connectivity index (χ2v) is 18.0. The van der Waals surface area contributed by atoms with Gasteiger partial charge in [-0.1, -0.05) is 67.0 Å². The van der Waals surface area contributed by atoms with Crippen LogP contribution in [0.25, 0.3) is 0 Å². The number of ketones is 1. The maximum atomic E-state index is 14.3. The Morgan fingerprint density at radius 2 is 1.52 bits per heavy atom. The number of amides is 4. The number of likely N-dealkylation sites (tertiary alicyclic amines) is 1. The second-order valence-electron chi connectivity index (χ2n) is 16.3. The first-order valence-electron chi connectivity index (χ1n) is 19.8. The van der Waals surface area contributed by atoms with Crippen LogP contribution in [0.5, 0.6) is 0 Å². The van der Waals surface area contributed by atoms with Gasteiger partial charge >= 0.3 is 0 Å². The summed E-state index contributed by atoms with van der Waals surface area (Å²) < 4.78 is 40.3. The van der Waals surface area contributed by atoms with Gasteiger partial charge in [0.05, 0.1) is 47.6 Å². The molecular formula is C41H69N5O9S. The molecule has 318 valence electrons. The molecule has 1 heterocycles. The van der Waals surface area contributed by atoms with Crippen molar-refractivity contribution in [2.24, 2.45) is 29.6 Å². The zero-order valence-corrected chi connectivity index (χ0v) is 36.8. The van der Waals surface area contributed by atoms with Crippen LogP contribution in [-0.4, -0.2) is 125 Å². The summed E-state index contributed by atoms with van der Waals surface area (Å²) >= 11 is 0. The van der Waals surface area contributed by atoms with Crippen LogP contribution in [0, 0.1) is 29.6 Å². The van der Waals surface area contributed by atoms with Crippen molar-refractivity contribution in [3.63, 3.8) is 0 Å². The van der Waals surface area contributed by atoms with E-state index < -0.39 is 52.1 Å². The predicted octanol–water partition coefficient (Wildman–Crippen LogP) is 3.87. The number of sulfonamides is 1. The van der Waals surface area contributed by atoms with Gasteiger partial charge in [-0.15, -0.1) is 0 Å². The monoisotopic (exact) mass is 807 g/mol. The maximum Gasteiger partial charge on any atom is 0.264 e. The molecule has 0 saturated carbocycles. The SMILES string of the molecule is CC[C@H](C)[C@@H]([C@@H](CC(=O)N1CCC[C@H]1[C@H](OC)[C@@H](C)C(=O)NS(=O)(=O)c1ccc(CNC(C)=O)cc1)OC)N(C)C(=O)[C@@H](CC(=O)[C@H](C(C)C)N(C)C)C(C)C. The lowest BCUT2D eigenvalue weighted by Gasteiger charge is -2.41. The number of methoxy groups -OCH3 is 2. The molecule has 0 spiro atoms. The largest absolute Gasteiger partial charge is 0.379 e. The standard InChI is InChI=1S/C41H69N5O9S/c1-14-27(6)38(45(11)41(51)32(25(2)3)22-34(48)37(26(4)5)44(9)10)35(54-12)23-36(49)46-21-15-16-33(46)39(55-13)28(7)40(50)43-56(52,53)31-19-17-30(18-20-31)24-42-29(8)47/h17-20,25-28,32-33,35,37-39H,14-16,21-24H2,1-13H3,(H,42,47)(H,43,50)/t27-,28+,32-,33-,35+,37-,38-,39+/m0/s1. The average Bonchev–Trinajstić information content (AvgIpc) is 3.61. The Kier molecular flexibility index (Phi) is 19.1. The molecule has 1 aliphatic heterocycles. The highest BCUT2D eigenvalue weighted by atomic mass is 32.2. The fraction of sp³-hybridized carbons (Fsp3) is 0.732. The minimum Gasteiger partial charge on any atom is -0.379 e. The molecule has 0 bridgehead atoms. The Hall–Kier alpha value is -3.40. The van der Waals surface area contributed by atoms with Gasteiger partial charge in [0, 0.05) is 53.6 Å². The lowest BCUT2D eigenvalue weighted by Crippen LogP contribution is -2.54. The van der Waals surface area contributed by atoms with Crippen molar-refractivity contribution in [2.75, 3.05) is 41.9 Å². The van der Waals surface area contributed by atoms with Crippen LogP contribution in [0.4, 0.5) is 0 Å². The smallest absolute Gasteiger partial charge is 0.264 e. The zero-order chi connectivity index (χ0) is 42.7. The van der Waals surface area contributed by atoms with E-state index in [2.05, 4.69) is 10.0 Å². The van der Waals surface area contributed by atoms with E-state index in [4.69, 9.17) is 9.47 Å². The van der Waals surface area contributed by atoms with Crippen molar-refractivity contribution in [3.8, 4) is 0 Å². The van der Waals surface area contributed by atoms with Gasteiger partial charge in [0.15, 0.2) is 5.78 Å². The van der Waals surface area contributed by atoms with Gasteiger partial charge in [0.1, 0.15) is 0 Å². The van der Waals surface area contributed by atoms with E-state index in [1.807, 2.05) is 60.5 Å². The third-order valence-electron chi connectivity index (χ3n) is 11.3. The molecule has 0 aromatic heterocycles. The Balaban J connectivity index is 2.27. The summed E-state index contributed by atoms with van der Waals surface area (Å²) in [5, 5.41) is 2.65. The fourth-order valence-corrected chi connectivity index (χ4v) is 9.13. The highest BCUT2D eigenvalue weighted by Crippen LogP contribution is 2.31. The number of rotatable bonds is 22. The molecular weight excluding hydrogens is 739 g/mol. The number of ether oxygens (including phenoxy) is 2. The van der Waals surface area contributed by atoms with E-state index in [0.717, 1.165) is 0 Å². The average molecular weight is 808 g/mol. The number of nitrogens with one attached hydrogen (secondary N) is 2. The number of likely N-dealkylation sites (N-methyl/N-ethyl adjacent to an activating group) is 2. The first kappa shape index (κ1) is 48.7. The van der Waals surface area contributed by atoms with E-state index in [0.29, 0.717) is 31.4 Å². The second kappa shape index (κ2) is 21.9. The van der Waals surface area contributed by atoms with Crippen molar-refractivity contribution in [2.45, 2.75) is 129 Å². The van der Waals surface area contributed by atoms with Gasteiger partial charge in [-0.2, -0.15) is 0 Å². The molecule has 4 amide bonds. The van der Waals surface area contributed by atoms with E-state index >= 15 is 0 Å². The van der Waals surface area contributed by atoms with E-state index in [1.165, 1.54) is 33.3 Å². The van der Waals surface area contributed by atoms with Crippen LogP contribution in [0.15, 0.2) is 29.2 Å². The quantitative estimate of drug-likeness (QED) is 0.175. The molecule has 56 heavy (non-hydrogen) atoms. The van der Waals surface area contributed by atoms with Gasteiger partial charge in [-0.05, 0) is 62.4 Å². The van der Waals surface area contributed by atoms with E-state index in [9.17, 15) is 32.4 Å². The number of benzene rings is 1. The third kappa shape index (κ3) is 12.8. The van der Waals surface area contributed by atoms with Crippen molar-refractivity contribution >= 4 is 39.4 Å². The Morgan fingerprint density at radius 1 is 0.911 bits per heavy atom. The molecule has 1 aliphatic rings. The van der Waals surface area contributed by atoms with Crippen LogP contribution >= 0.6 is 0 Å². The molecule has 14 nitrogen and oxygen atoms in total. The van der Waals surface area contributed by atoms with Gasteiger partial charge in [0.25, 0.3) is 10.0 Å². The number of nitrogens with zero attached hydrogens (tertiary/aromatic N) is 3. The third-order valence-corrected chi connectivity index (χ3v) is 12.7. The summed E-state index contributed by atoms with van der Waals surface area (Å²) in [6, 6.07) is 4.55. The van der Waals surface area contributed by atoms with Gasteiger partial charge < -0.3 is 24.6 Å². The molecule has 1 aromatic carbocycles. The molecule has 15 heteroatoms. The van der Waals surface area contributed by atoms with Crippen LogP contribution in [0.3, 0.4) is 0 Å². The van der Waals surface area contributed by atoms with Crippen molar-refractivity contribution in [1.82, 2.24) is 24.7 Å². The topological polar surface area (TPSA) is 172 Å². The lowest BCUT2D eigenvalue weighted by atomic mass is 9.83. The molecule has 0 unspecified atom stereocenters.